The van der Waals surface area contributed by atoms with Gasteiger partial charge in [0.05, 0.1) is 38.5 Å². The average Bonchev–Trinajstić information content (AvgIpc) is 3.51. The second kappa shape index (κ2) is 11.3. The third-order valence-corrected chi connectivity index (χ3v) is 6.97. The highest BCUT2D eigenvalue weighted by Crippen LogP contribution is 2.43. The van der Waals surface area contributed by atoms with Gasteiger partial charge >= 0.3 is 0 Å². The lowest BCUT2D eigenvalue weighted by Gasteiger charge is -2.29. The number of hydrogen-bond donors (Lipinski definition) is 1. The Kier molecular flexibility index (Phi) is 7.71. The van der Waals surface area contributed by atoms with Crippen molar-refractivity contribution in [2.45, 2.75) is 19.4 Å². The first-order valence-corrected chi connectivity index (χ1v) is 12.8. The number of ether oxygens (including phenoxy) is 5. The van der Waals surface area contributed by atoms with Gasteiger partial charge in [-0.2, -0.15) is 0 Å². The van der Waals surface area contributed by atoms with Gasteiger partial charge in [-0.25, -0.2) is 0 Å². The van der Waals surface area contributed by atoms with Crippen LogP contribution in [0.25, 0.3) is 5.76 Å². The minimum absolute atomic E-state index is 0.0199. The molecule has 3 aliphatic rings. The molecule has 202 valence electrons. The Hall–Kier alpha value is -3.76. The third-order valence-electron chi connectivity index (χ3n) is 6.97. The van der Waals surface area contributed by atoms with Crippen molar-refractivity contribution < 1.29 is 38.4 Å². The Morgan fingerprint density at radius 2 is 1.82 bits per heavy atom. The number of aliphatic hydroxyl groups is 1. The van der Waals surface area contributed by atoms with Gasteiger partial charge in [0.1, 0.15) is 5.76 Å². The zero-order valence-electron chi connectivity index (χ0n) is 21.6. The highest BCUT2D eigenvalue weighted by atomic mass is 16.7. The number of likely N-dealkylation sites (tertiary alicyclic amines) is 1. The van der Waals surface area contributed by atoms with Gasteiger partial charge in [-0.05, 0) is 49.2 Å². The number of hydrogen-bond acceptors (Lipinski definition) is 9. The lowest BCUT2D eigenvalue weighted by molar-refractivity contribution is -0.140. The van der Waals surface area contributed by atoms with Crippen molar-refractivity contribution in [3.05, 3.63) is 53.1 Å². The number of carbonyl (C=O) groups is 2. The molecule has 2 aromatic carbocycles. The largest absolute Gasteiger partial charge is 0.507 e. The van der Waals surface area contributed by atoms with Crippen molar-refractivity contribution in [3.63, 3.8) is 0 Å². The summed E-state index contributed by atoms with van der Waals surface area (Å²) in [5, 5.41) is 11.4. The Balaban J connectivity index is 1.52. The van der Waals surface area contributed by atoms with Crippen molar-refractivity contribution in [2.24, 2.45) is 0 Å². The van der Waals surface area contributed by atoms with Crippen LogP contribution in [0.4, 0.5) is 0 Å². The molecular formula is C28H32N2O8. The number of Topliss-reactive ketones (excluding diaryl/α,β-unsaturated/α-hetero) is 1. The fourth-order valence-corrected chi connectivity index (χ4v) is 5.07. The lowest BCUT2D eigenvalue weighted by atomic mass is 9.94. The molecule has 0 bridgehead atoms. The lowest BCUT2D eigenvalue weighted by Crippen LogP contribution is -2.39. The van der Waals surface area contributed by atoms with Crippen molar-refractivity contribution in [2.75, 3.05) is 59.9 Å². The minimum atomic E-state index is -0.797. The molecule has 10 nitrogen and oxygen atoms in total. The number of nitrogens with zero attached hydrogens (tertiary/aromatic N) is 2. The molecule has 2 saturated heterocycles. The van der Waals surface area contributed by atoms with Crippen LogP contribution in [0.5, 0.6) is 23.0 Å². The van der Waals surface area contributed by atoms with Gasteiger partial charge in [0.15, 0.2) is 23.0 Å². The molecule has 2 aromatic rings. The van der Waals surface area contributed by atoms with E-state index in [0.717, 1.165) is 19.6 Å². The molecule has 10 heteroatoms. The fraction of sp³-hybridized carbons (Fsp3) is 0.429. The maximum Gasteiger partial charge on any atom is 0.295 e. The van der Waals surface area contributed by atoms with Crippen LogP contribution in [-0.2, 0) is 14.3 Å². The van der Waals surface area contributed by atoms with Crippen LogP contribution in [0.15, 0.2) is 42.0 Å². The van der Waals surface area contributed by atoms with E-state index in [2.05, 4.69) is 4.90 Å². The molecule has 0 saturated carbocycles. The van der Waals surface area contributed by atoms with Gasteiger partial charge in [0.25, 0.3) is 11.7 Å². The highest BCUT2D eigenvalue weighted by Gasteiger charge is 2.46. The number of morpholine rings is 1. The van der Waals surface area contributed by atoms with Crippen LogP contribution in [-0.4, -0.2) is 86.5 Å². The van der Waals surface area contributed by atoms with Crippen molar-refractivity contribution in [1.82, 2.24) is 9.80 Å². The molecule has 5 rings (SSSR count). The SMILES string of the molecule is CCOc1ccc(C2/C(=C(\O)c3ccc4c(c3)OCO4)C(=O)C(=O)N2CCCN2CCOCC2)cc1OC. The third kappa shape index (κ3) is 5.01. The Morgan fingerprint density at radius 1 is 1.03 bits per heavy atom. The second-order valence-electron chi connectivity index (χ2n) is 9.21. The van der Waals surface area contributed by atoms with Gasteiger partial charge in [0, 0.05) is 31.7 Å². The Morgan fingerprint density at radius 3 is 2.58 bits per heavy atom. The molecule has 0 spiro atoms. The molecule has 0 radical (unpaired) electrons. The van der Waals surface area contributed by atoms with Crippen LogP contribution in [0.1, 0.15) is 30.5 Å². The number of aliphatic hydroxyl groups excluding tert-OH is 1. The van der Waals surface area contributed by atoms with Crippen LogP contribution < -0.4 is 18.9 Å². The fourth-order valence-electron chi connectivity index (χ4n) is 5.07. The summed E-state index contributed by atoms with van der Waals surface area (Å²) < 4.78 is 27.4. The van der Waals surface area contributed by atoms with Crippen LogP contribution in [0.2, 0.25) is 0 Å². The summed E-state index contributed by atoms with van der Waals surface area (Å²) in [7, 11) is 1.54. The van der Waals surface area contributed by atoms with Gasteiger partial charge in [-0.15, -0.1) is 0 Å². The second-order valence-corrected chi connectivity index (χ2v) is 9.21. The number of ketones is 1. The first-order chi connectivity index (χ1) is 18.5. The molecular weight excluding hydrogens is 492 g/mol. The average molecular weight is 525 g/mol. The maximum atomic E-state index is 13.4. The molecule has 38 heavy (non-hydrogen) atoms. The predicted octanol–water partition coefficient (Wildman–Crippen LogP) is 2.97. The van der Waals surface area contributed by atoms with Crippen molar-refractivity contribution >= 4 is 17.4 Å². The van der Waals surface area contributed by atoms with E-state index in [1.807, 2.05) is 6.92 Å². The van der Waals surface area contributed by atoms with E-state index in [0.29, 0.717) is 66.9 Å². The number of rotatable bonds is 9. The van der Waals surface area contributed by atoms with E-state index < -0.39 is 17.7 Å². The van der Waals surface area contributed by atoms with Gasteiger partial charge < -0.3 is 33.7 Å². The van der Waals surface area contributed by atoms with Gasteiger partial charge in [-0.1, -0.05) is 6.07 Å². The zero-order valence-corrected chi connectivity index (χ0v) is 21.6. The molecule has 3 heterocycles. The number of amides is 1. The van der Waals surface area contributed by atoms with Crippen molar-refractivity contribution in [3.8, 4) is 23.0 Å². The number of fused-ring (bicyclic) bond motifs is 1. The zero-order chi connectivity index (χ0) is 26.6. The molecule has 1 unspecified atom stereocenters. The maximum absolute atomic E-state index is 13.4. The number of carbonyl (C=O) groups excluding carboxylic acids is 2. The van der Waals surface area contributed by atoms with Gasteiger partial charge in [0.2, 0.25) is 6.79 Å². The molecule has 1 amide bonds. The molecule has 1 atom stereocenters. The summed E-state index contributed by atoms with van der Waals surface area (Å²) in [5.74, 6) is 0.405. The van der Waals surface area contributed by atoms with E-state index in [4.69, 9.17) is 23.7 Å². The normalized spacial score (nSPS) is 20.7. The summed E-state index contributed by atoms with van der Waals surface area (Å²) >= 11 is 0. The van der Waals surface area contributed by atoms with E-state index in [1.54, 1.807) is 36.4 Å². The molecule has 0 aliphatic carbocycles. The summed E-state index contributed by atoms with van der Waals surface area (Å²) in [6.45, 7) is 6.58. The molecule has 3 aliphatic heterocycles. The molecule has 0 aromatic heterocycles. The first kappa shape index (κ1) is 25.9. The first-order valence-electron chi connectivity index (χ1n) is 12.8. The summed E-state index contributed by atoms with van der Waals surface area (Å²) in [4.78, 5) is 30.5. The number of methoxy groups -OCH3 is 1. The summed E-state index contributed by atoms with van der Waals surface area (Å²) in [6.07, 6.45) is 0.668. The Labute approximate surface area is 221 Å². The van der Waals surface area contributed by atoms with E-state index >= 15 is 0 Å². The Bertz CT molecular complexity index is 1240. The van der Waals surface area contributed by atoms with Gasteiger partial charge in [-0.3, -0.25) is 14.5 Å². The highest BCUT2D eigenvalue weighted by molar-refractivity contribution is 6.46. The van der Waals surface area contributed by atoms with E-state index in [-0.39, 0.29) is 18.1 Å². The summed E-state index contributed by atoms with van der Waals surface area (Å²) in [6, 6.07) is 9.44. The summed E-state index contributed by atoms with van der Waals surface area (Å²) in [5.41, 5.74) is 1.02. The monoisotopic (exact) mass is 524 g/mol. The smallest absolute Gasteiger partial charge is 0.295 e. The number of benzene rings is 2. The molecule has 2 fully saturated rings. The topological polar surface area (TPSA) is 107 Å². The van der Waals surface area contributed by atoms with E-state index in [1.165, 1.54) is 12.0 Å². The van der Waals surface area contributed by atoms with Crippen LogP contribution in [0, 0.1) is 0 Å². The standard InChI is InChI=1S/C28H32N2O8/c1-3-36-20-7-5-18(15-22(20)34-2)25-24(26(31)19-6-8-21-23(16-19)38-17-37-21)27(32)28(33)30(25)10-4-9-29-11-13-35-14-12-29/h5-8,15-16,25,31H,3-4,9-14,17H2,1-2H3/b26-24+. The van der Waals surface area contributed by atoms with Crippen LogP contribution in [0.3, 0.4) is 0 Å². The van der Waals surface area contributed by atoms with E-state index in [9.17, 15) is 14.7 Å². The van der Waals surface area contributed by atoms with Crippen LogP contribution >= 0.6 is 0 Å². The quantitative estimate of drug-likeness (QED) is 0.301. The predicted molar refractivity (Wildman–Crippen MR) is 138 cm³/mol. The van der Waals surface area contributed by atoms with Crippen molar-refractivity contribution in [1.29, 1.82) is 0 Å². The minimum Gasteiger partial charge on any atom is -0.507 e. The molecule has 1 N–H and O–H groups in total.